The molecule has 0 spiro atoms. The molecule has 0 aliphatic carbocycles. The summed E-state index contributed by atoms with van der Waals surface area (Å²) in [7, 11) is 0. The van der Waals surface area contributed by atoms with Gasteiger partial charge in [0.05, 0.1) is 5.69 Å². The van der Waals surface area contributed by atoms with Crippen LogP contribution in [-0.4, -0.2) is 27.6 Å². The van der Waals surface area contributed by atoms with Crippen molar-refractivity contribution in [1.29, 1.82) is 0 Å². The van der Waals surface area contributed by atoms with Gasteiger partial charge in [0.2, 0.25) is 0 Å². The normalized spacial score (nSPS) is 10.9. The number of benzene rings is 2. The fourth-order valence-corrected chi connectivity index (χ4v) is 3.00. The SMILES string of the molecule is O=C(NCCc1c[nH]c2ccccc12)c1cccc(-c2ccn[nH]2)c1. The van der Waals surface area contributed by atoms with Gasteiger partial charge >= 0.3 is 0 Å². The molecule has 0 radical (unpaired) electrons. The Bertz CT molecular complexity index is 1000. The van der Waals surface area contributed by atoms with Crippen molar-refractivity contribution in [2.75, 3.05) is 6.54 Å². The van der Waals surface area contributed by atoms with Crippen LogP contribution in [0.1, 0.15) is 15.9 Å². The van der Waals surface area contributed by atoms with Crippen LogP contribution in [0, 0.1) is 0 Å². The number of nitrogens with one attached hydrogen (secondary N) is 3. The van der Waals surface area contributed by atoms with Crippen molar-refractivity contribution in [3.63, 3.8) is 0 Å². The first kappa shape index (κ1) is 15.2. The standard InChI is InChI=1S/C20H18N4O/c25-20(15-5-3-4-14(12-15)18-9-11-23-24-18)21-10-8-16-13-22-19-7-2-1-6-17(16)19/h1-7,9,11-13,22H,8,10H2,(H,21,25)(H,23,24). The van der Waals surface area contributed by atoms with E-state index < -0.39 is 0 Å². The summed E-state index contributed by atoms with van der Waals surface area (Å²) in [6.07, 6.45) is 4.49. The molecule has 4 aromatic rings. The van der Waals surface area contributed by atoms with Gasteiger partial charge in [-0.05, 0) is 36.2 Å². The van der Waals surface area contributed by atoms with Gasteiger partial charge in [-0.3, -0.25) is 9.89 Å². The van der Waals surface area contributed by atoms with Crippen molar-refractivity contribution in [2.45, 2.75) is 6.42 Å². The van der Waals surface area contributed by atoms with Crippen LogP contribution in [0.25, 0.3) is 22.2 Å². The second kappa shape index (κ2) is 6.65. The summed E-state index contributed by atoms with van der Waals surface area (Å²) >= 11 is 0. The van der Waals surface area contributed by atoms with Gasteiger partial charge in [0.15, 0.2) is 0 Å². The van der Waals surface area contributed by atoms with Gasteiger partial charge < -0.3 is 10.3 Å². The molecular formula is C20H18N4O. The molecule has 0 atom stereocenters. The molecule has 3 N–H and O–H groups in total. The number of aromatic amines is 2. The van der Waals surface area contributed by atoms with Crippen molar-refractivity contribution in [3.8, 4) is 11.3 Å². The zero-order valence-corrected chi connectivity index (χ0v) is 13.6. The second-order valence-corrected chi connectivity index (χ2v) is 5.92. The first-order valence-electron chi connectivity index (χ1n) is 8.24. The molecule has 124 valence electrons. The molecule has 0 unspecified atom stereocenters. The van der Waals surface area contributed by atoms with Crippen molar-refractivity contribution >= 4 is 16.8 Å². The fourth-order valence-electron chi connectivity index (χ4n) is 3.00. The third-order valence-corrected chi connectivity index (χ3v) is 4.29. The molecule has 4 rings (SSSR count). The van der Waals surface area contributed by atoms with E-state index in [2.05, 4.69) is 32.6 Å². The number of rotatable bonds is 5. The van der Waals surface area contributed by atoms with E-state index in [0.717, 1.165) is 23.2 Å². The highest BCUT2D eigenvalue weighted by molar-refractivity contribution is 5.95. The van der Waals surface area contributed by atoms with Crippen LogP contribution >= 0.6 is 0 Å². The molecule has 2 heterocycles. The first-order chi connectivity index (χ1) is 12.3. The number of carbonyl (C=O) groups is 1. The third-order valence-electron chi connectivity index (χ3n) is 4.29. The third kappa shape index (κ3) is 3.17. The smallest absolute Gasteiger partial charge is 0.251 e. The molecular weight excluding hydrogens is 312 g/mol. The number of para-hydroxylation sites is 1. The summed E-state index contributed by atoms with van der Waals surface area (Å²) in [5, 5.41) is 11.1. The Kier molecular flexibility index (Phi) is 4.04. The van der Waals surface area contributed by atoms with Gasteiger partial charge in [-0.2, -0.15) is 5.10 Å². The van der Waals surface area contributed by atoms with Crippen LogP contribution < -0.4 is 5.32 Å². The van der Waals surface area contributed by atoms with Gasteiger partial charge in [-0.1, -0.05) is 30.3 Å². The molecule has 5 heteroatoms. The predicted octanol–water partition coefficient (Wildman–Crippen LogP) is 3.53. The van der Waals surface area contributed by atoms with Gasteiger partial charge in [-0.25, -0.2) is 0 Å². The van der Waals surface area contributed by atoms with Crippen molar-refractivity contribution in [3.05, 3.63) is 78.1 Å². The Morgan fingerprint density at radius 2 is 2.00 bits per heavy atom. The van der Waals surface area contributed by atoms with Gasteiger partial charge in [0.25, 0.3) is 5.91 Å². The van der Waals surface area contributed by atoms with Crippen molar-refractivity contribution < 1.29 is 4.79 Å². The molecule has 0 fully saturated rings. The quantitative estimate of drug-likeness (QED) is 0.524. The lowest BCUT2D eigenvalue weighted by atomic mass is 10.1. The maximum Gasteiger partial charge on any atom is 0.251 e. The minimum Gasteiger partial charge on any atom is -0.361 e. The molecule has 0 saturated carbocycles. The minimum atomic E-state index is -0.0683. The van der Waals surface area contributed by atoms with E-state index in [1.54, 1.807) is 6.20 Å². The van der Waals surface area contributed by atoms with E-state index in [9.17, 15) is 4.79 Å². The van der Waals surface area contributed by atoms with Gasteiger partial charge in [0, 0.05) is 41.0 Å². The van der Waals surface area contributed by atoms with Gasteiger partial charge in [0.1, 0.15) is 0 Å². The largest absolute Gasteiger partial charge is 0.361 e. The van der Waals surface area contributed by atoms with Crippen molar-refractivity contribution in [1.82, 2.24) is 20.5 Å². The van der Waals surface area contributed by atoms with Crippen LogP contribution in [0.4, 0.5) is 0 Å². The number of aromatic nitrogens is 3. The lowest BCUT2D eigenvalue weighted by Gasteiger charge is -2.06. The summed E-state index contributed by atoms with van der Waals surface area (Å²) in [6, 6.07) is 17.6. The Morgan fingerprint density at radius 1 is 1.08 bits per heavy atom. The van der Waals surface area contributed by atoms with E-state index in [1.165, 1.54) is 10.9 Å². The van der Waals surface area contributed by atoms with E-state index in [4.69, 9.17) is 0 Å². The number of hydrogen-bond acceptors (Lipinski definition) is 2. The molecule has 2 aromatic heterocycles. The lowest BCUT2D eigenvalue weighted by Crippen LogP contribution is -2.25. The number of hydrogen-bond donors (Lipinski definition) is 3. The minimum absolute atomic E-state index is 0.0683. The maximum absolute atomic E-state index is 12.4. The van der Waals surface area contributed by atoms with Gasteiger partial charge in [-0.15, -0.1) is 0 Å². The fraction of sp³-hybridized carbons (Fsp3) is 0.100. The van der Waals surface area contributed by atoms with Crippen LogP contribution in [0.15, 0.2) is 67.0 Å². The summed E-state index contributed by atoms with van der Waals surface area (Å²) in [5.41, 5.74) is 4.82. The summed E-state index contributed by atoms with van der Waals surface area (Å²) in [6.45, 7) is 0.592. The molecule has 0 bridgehead atoms. The zero-order chi connectivity index (χ0) is 17.1. The number of H-pyrrole nitrogens is 2. The highest BCUT2D eigenvalue weighted by Gasteiger charge is 2.08. The highest BCUT2D eigenvalue weighted by Crippen LogP contribution is 2.19. The Hall–Kier alpha value is -3.34. The Labute approximate surface area is 145 Å². The molecule has 1 amide bonds. The topological polar surface area (TPSA) is 73.6 Å². The van der Waals surface area contributed by atoms with E-state index >= 15 is 0 Å². The zero-order valence-electron chi connectivity index (χ0n) is 13.6. The highest BCUT2D eigenvalue weighted by atomic mass is 16.1. The number of fused-ring (bicyclic) bond motifs is 1. The van der Waals surface area contributed by atoms with Crippen molar-refractivity contribution in [2.24, 2.45) is 0 Å². The summed E-state index contributed by atoms with van der Waals surface area (Å²) in [4.78, 5) is 15.7. The van der Waals surface area contributed by atoms with E-state index in [-0.39, 0.29) is 5.91 Å². The summed E-state index contributed by atoms with van der Waals surface area (Å²) in [5.74, 6) is -0.0683. The number of nitrogens with zero attached hydrogens (tertiary/aromatic N) is 1. The van der Waals surface area contributed by atoms with Crippen LogP contribution in [-0.2, 0) is 6.42 Å². The van der Waals surface area contributed by atoms with Crippen LogP contribution in [0.5, 0.6) is 0 Å². The first-order valence-corrected chi connectivity index (χ1v) is 8.24. The Morgan fingerprint density at radius 3 is 2.88 bits per heavy atom. The molecule has 5 nitrogen and oxygen atoms in total. The van der Waals surface area contributed by atoms with E-state index in [1.807, 2.05) is 48.7 Å². The molecule has 0 saturated heterocycles. The Balaban J connectivity index is 1.42. The average Bonchev–Trinajstić information content (AvgIpc) is 3.32. The van der Waals surface area contributed by atoms with E-state index in [0.29, 0.717) is 12.1 Å². The second-order valence-electron chi connectivity index (χ2n) is 5.92. The van der Waals surface area contributed by atoms with Crippen LogP contribution in [0.2, 0.25) is 0 Å². The molecule has 0 aliphatic heterocycles. The lowest BCUT2D eigenvalue weighted by molar-refractivity contribution is 0.0954. The molecule has 0 aliphatic rings. The molecule has 2 aromatic carbocycles. The number of amides is 1. The average molecular weight is 330 g/mol. The molecule has 25 heavy (non-hydrogen) atoms. The van der Waals surface area contributed by atoms with Crippen LogP contribution in [0.3, 0.4) is 0 Å². The monoisotopic (exact) mass is 330 g/mol. The summed E-state index contributed by atoms with van der Waals surface area (Å²) < 4.78 is 0. The maximum atomic E-state index is 12.4. The predicted molar refractivity (Wildman–Crippen MR) is 98.4 cm³/mol. The number of carbonyl (C=O) groups excluding carboxylic acids is 1.